The Morgan fingerprint density at radius 1 is 1.46 bits per heavy atom. The number of benzene rings is 1. The standard InChI is InChI=1S/C7H6N2O3S/c8-4-5-1-2-7(6(9)3-5)13(10,11)12/h1-3H,9H2,(H,10,11,12). The van der Waals surface area contributed by atoms with Gasteiger partial charge in [0.2, 0.25) is 0 Å². The maximum atomic E-state index is 10.6. The molecule has 0 spiro atoms. The van der Waals surface area contributed by atoms with Gasteiger partial charge in [0, 0.05) is 0 Å². The van der Waals surface area contributed by atoms with Crippen molar-refractivity contribution in [1.29, 1.82) is 5.26 Å². The molecule has 13 heavy (non-hydrogen) atoms. The molecule has 0 fully saturated rings. The Labute approximate surface area is 75.2 Å². The van der Waals surface area contributed by atoms with Crippen molar-refractivity contribution in [1.82, 2.24) is 0 Å². The van der Waals surface area contributed by atoms with E-state index < -0.39 is 10.1 Å². The maximum absolute atomic E-state index is 10.6. The van der Waals surface area contributed by atoms with Gasteiger partial charge in [-0.2, -0.15) is 13.7 Å². The molecule has 0 saturated heterocycles. The van der Waals surface area contributed by atoms with E-state index in [1.807, 2.05) is 0 Å². The van der Waals surface area contributed by atoms with Crippen LogP contribution in [0.15, 0.2) is 23.1 Å². The lowest BCUT2D eigenvalue weighted by Crippen LogP contribution is -2.03. The third-order valence-electron chi connectivity index (χ3n) is 1.42. The second kappa shape index (κ2) is 3.05. The Bertz CT molecular complexity index is 473. The van der Waals surface area contributed by atoms with Crippen molar-refractivity contribution in [3.8, 4) is 6.07 Å². The van der Waals surface area contributed by atoms with Gasteiger partial charge in [0.15, 0.2) is 0 Å². The van der Waals surface area contributed by atoms with Crippen molar-refractivity contribution in [2.45, 2.75) is 4.90 Å². The summed E-state index contributed by atoms with van der Waals surface area (Å²) in [4.78, 5) is -0.383. The maximum Gasteiger partial charge on any atom is 0.296 e. The number of nitrogens with two attached hydrogens (primary N) is 1. The van der Waals surface area contributed by atoms with Gasteiger partial charge < -0.3 is 5.73 Å². The number of anilines is 1. The number of nitriles is 1. The molecule has 0 aliphatic carbocycles. The minimum absolute atomic E-state index is 0.137. The molecule has 0 bridgehead atoms. The van der Waals surface area contributed by atoms with Crippen molar-refractivity contribution >= 4 is 15.8 Å². The fraction of sp³-hybridized carbons (Fsp3) is 0. The first kappa shape index (κ1) is 9.51. The van der Waals surface area contributed by atoms with Gasteiger partial charge in [-0.3, -0.25) is 4.55 Å². The summed E-state index contributed by atoms with van der Waals surface area (Å²) in [5.74, 6) is 0. The van der Waals surface area contributed by atoms with E-state index in [1.54, 1.807) is 6.07 Å². The Morgan fingerprint density at radius 3 is 2.46 bits per heavy atom. The second-order valence-electron chi connectivity index (χ2n) is 2.34. The Kier molecular flexibility index (Phi) is 2.23. The summed E-state index contributed by atoms with van der Waals surface area (Å²) in [6.07, 6.45) is 0. The average molecular weight is 198 g/mol. The highest BCUT2D eigenvalue weighted by Gasteiger charge is 2.13. The van der Waals surface area contributed by atoms with Gasteiger partial charge in [0.1, 0.15) is 4.90 Å². The smallest absolute Gasteiger partial charge is 0.296 e. The molecule has 1 rings (SSSR count). The molecule has 0 radical (unpaired) electrons. The molecule has 1 aromatic carbocycles. The first-order valence-electron chi connectivity index (χ1n) is 3.22. The molecule has 6 heteroatoms. The average Bonchev–Trinajstić information content (AvgIpc) is 2.01. The van der Waals surface area contributed by atoms with Crippen molar-refractivity contribution in [2.24, 2.45) is 0 Å². The van der Waals surface area contributed by atoms with Crippen LogP contribution in [0.2, 0.25) is 0 Å². The largest absolute Gasteiger partial charge is 0.398 e. The molecule has 5 nitrogen and oxygen atoms in total. The van der Waals surface area contributed by atoms with Crippen molar-refractivity contribution in [3.05, 3.63) is 23.8 Å². The minimum Gasteiger partial charge on any atom is -0.398 e. The van der Waals surface area contributed by atoms with Gasteiger partial charge in [-0.15, -0.1) is 0 Å². The lowest BCUT2D eigenvalue weighted by atomic mass is 10.2. The van der Waals surface area contributed by atoms with Crippen LogP contribution in [0.5, 0.6) is 0 Å². The molecular weight excluding hydrogens is 192 g/mol. The van der Waals surface area contributed by atoms with Crippen LogP contribution in [0.4, 0.5) is 5.69 Å². The summed E-state index contributed by atoms with van der Waals surface area (Å²) < 4.78 is 29.9. The second-order valence-corrected chi connectivity index (χ2v) is 3.73. The molecule has 0 atom stereocenters. The molecule has 0 saturated carbocycles. The van der Waals surface area contributed by atoms with E-state index in [0.29, 0.717) is 0 Å². The lowest BCUT2D eigenvalue weighted by molar-refractivity contribution is 0.483. The van der Waals surface area contributed by atoms with Crippen LogP contribution in [-0.4, -0.2) is 13.0 Å². The number of rotatable bonds is 1. The van der Waals surface area contributed by atoms with Crippen LogP contribution < -0.4 is 5.73 Å². The van der Waals surface area contributed by atoms with Gasteiger partial charge in [-0.25, -0.2) is 0 Å². The molecule has 0 amide bonds. The highest BCUT2D eigenvalue weighted by molar-refractivity contribution is 7.86. The molecular formula is C7H6N2O3S. The third kappa shape index (κ3) is 1.96. The van der Waals surface area contributed by atoms with Crippen molar-refractivity contribution in [3.63, 3.8) is 0 Å². The van der Waals surface area contributed by atoms with E-state index in [0.717, 1.165) is 6.07 Å². The van der Waals surface area contributed by atoms with Crippen LogP contribution in [-0.2, 0) is 10.1 Å². The normalized spacial score (nSPS) is 10.8. The van der Waals surface area contributed by atoms with Crippen molar-refractivity contribution in [2.75, 3.05) is 5.73 Å². The summed E-state index contributed by atoms with van der Waals surface area (Å²) in [5.41, 5.74) is 5.40. The Morgan fingerprint density at radius 2 is 2.08 bits per heavy atom. The molecule has 0 heterocycles. The topological polar surface area (TPSA) is 104 Å². The molecule has 0 aliphatic rings. The highest BCUT2D eigenvalue weighted by atomic mass is 32.2. The molecule has 0 aromatic heterocycles. The number of hydrogen-bond donors (Lipinski definition) is 2. The van der Waals surface area contributed by atoms with E-state index in [1.165, 1.54) is 12.1 Å². The Balaban J connectivity index is 3.40. The monoisotopic (exact) mass is 198 g/mol. The summed E-state index contributed by atoms with van der Waals surface area (Å²) in [7, 11) is -4.29. The molecule has 0 unspecified atom stereocenters. The zero-order chi connectivity index (χ0) is 10.1. The van der Waals surface area contributed by atoms with Gasteiger partial charge in [0.25, 0.3) is 10.1 Å². The number of nitrogen functional groups attached to an aromatic ring is 1. The number of hydrogen-bond acceptors (Lipinski definition) is 4. The first-order chi connectivity index (χ1) is 5.95. The van der Waals surface area contributed by atoms with Gasteiger partial charge >= 0.3 is 0 Å². The van der Waals surface area contributed by atoms with Crippen LogP contribution in [0.25, 0.3) is 0 Å². The summed E-state index contributed by atoms with van der Waals surface area (Å²) in [6, 6.07) is 5.32. The highest BCUT2D eigenvalue weighted by Crippen LogP contribution is 2.18. The first-order valence-corrected chi connectivity index (χ1v) is 4.66. The summed E-state index contributed by atoms with van der Waals surface area (Å²) in [5, 5.41) is 8.44. The van der Waals surface area contributed by atoms with E-state index in [-0.39, 0.29) is 16.1 Å². The lowest BCUT2D eigenvalue weighted by Gasteiger charge is -2.00. The zero-order valence-electron chi connectivity index (χ0n) is 6.43. The van der Waals surface area contributed by atoms with Gasteiger partial charge in [0.05, 0.1) is 17.3 Å². The molecule has 68 valence electrons. The molecule has 1 aromatic rings. The fourth-order valence-electron chi connectivity index (χ4n) is 0.853. The van der Waals surface area contributed by atoms with E-state index >= 15 is 0 Å². The summed E-state index contributed by atoms with van der Waals surface area (Å²) in [6.45, 7) is 0. The third-order valence-corrected chi connectivity index (χ3v) is 2.34. The van der Waals surface area contributed by atoms with Crippen LogP contribution in [0, 0.1) is 11.3 Å². The SMILES string of the molecule is N#Cc1ccc(S(=O)(=O)O)c(N)c1. The van der Waals surface area contributed by atoms with E-state index in [2.05, 4.69) is 0 Å². The van der Waals surface area contributed by atoms with Crippen LogP contribution in [0.1, 0.15) is 5.56 Å². The van der Waals surface area contributed by atoms with Crippen LogP contribution in [0.3, 0.4) is 0 Å². The predicted octanol–water partition coefficient (Wildman–Crippen LogP) is 0.387. The quantitative estimate of drug-likeness (QED) is 0.501. The van der Waals surface area contributed by atoms with Gasteiger partial charge in [-0.1, -0.05) is 0 Å². The number of nitrogens with zero attached hydrogens (tertiary/aromatic N) is 1. The summed E-state index contributed by atoms with van der Waals surface area (Å²) >= 11 is 0. The van der Waals surface area contributed by atoms with Crippen molar-refractivity contribution < 1.29 is 13.0 Å². The van der Waals surface area contributed by atoms with Gasteiger partial charge in [-0.05, 0) is 18.2 Å². The molecule has 0 aliphatic heterocycles. The fourth-order valence-corrected chi connectivity index (χ4v) is 1.45. The molecule has 3 N–H and O–H groups in total. The zero-order valence-corrected chi connectivity index (χ0v) is 7.25. The van der Waals surface area contributed by atoms with Crippen LogP contribution >= 0.6 is 0 Å². The predicted molar refractivity (Wildman–Crippen MR) is 45.4 cm³/mol. The van der Waals surface area contributed by atoms with E-state index in [4.69, 9.17) is 15.5 Å². The minimum atomic E-state index is -4.29. The van der Waals surface area contributed by atoms with E-state index in [9.17, 15) is 8.42 Å². The Hall–Kier alpha value is -1.58.